The molecule has 1 atom stereocenters. The predicted octanol–water partition coefficient (Wildman–Crippen LogP) is 4.83. The van der Waals surface area contributed by atoms with Gasteiger partial charge in [-0.15, -0.1) is 11.3 Å². The first-order valence-corrected chi connectivity index (χ1v) is 10.5. The second-order valence-corrected chi connectivity index (χ2v) is 8.25. The van der Waals surface area contributed by atoms with Crippen molar-refractivity contribution in [3.8, 4) is 5.75 Å². The van der Waals surface area contributed by atoms with Gasteiger partial charge in [0.05, 0.1) is 24.3 Å². The monoisotopic (exact) mass is 437 g/mol. The Balaban J connectivity index is 1.86. The fourth-order valence-electron chi connectivity index (χ4n) is 3.72. The Labute approximate surface area is 183 Å². The number of Topliss-reactive ketones (excluding diaryl/α,β-unsaturated/α-hetero) is 1. The molecule has 1 aliphatic heterocycles. The summed E-state index contributed by atoms with van der Waals surface area (Å²) in [7, 11) is 1.48. The topological polar surface area (TPSA) is 66.8 Å². The largest absolute Gasteiger partial charge is 0.507 e. The lowest BCUT2D eigenvalue weighted by atomic mass is 9.98. The molecule has 0 spiro atoms. The first-order chi connectivity index (χ1) is 14.9. The van der Waals surface area contributed by atoms with Crippen LogP contribution in [0.3, 0.4) is 0 Å². The van der Waals surface area contributed by atoms with Crippen LogP contribution in [0.15, 0.2) is 65.6 Å². The van der Waals surface area contributed by atoms with Crippen LogP contribution in [0.25, 0.3) is 5.76 Å². The third-order valence-electron chi connectivity index (χ3n) is 5.23. The molecule has 1 aliphatic rings. The second-order valence-electron chi connectivity index (χ2n) is 7.27. The molecule has 0 saturated carbocycles. The van der Waals surface area contributed by atoms with Gasteiger partial charge in [0, 0.05) is 11.4 Å². The lowest BCUT2D eigenvalue weighted by Gasteiger charge is -2.24. The van der Waals surface area contributed by atoms with E-state index in [1.807, 2.05) is 30.5 Å². The van der Waals surface area contributed by atoms with Crippen molar-refractivity contribution >= 4 is 28.8 Å². The van der Waals surface area contributed by atoms with E-state index < -0.39 is 17.7 Å². The van der Waals surface area contributed by atoms with Crippen molar-refractivity contribution in [3.05, 3.63) is 92.9 Å². The number of methoxy groups -OCH3 is 1. The molecule has 2 heterocycles. The zero-order chi connectivity index (χ0) is 22.1. The molecule has 1 aromatic heterocycles. The predicted molar refractivity (Wildman–Crippen MR) is 116 cm³/mol. The normalized spacial score (nSPS) is 17.9. The van der Waals surface area contributed by atoms with Crippen molar-refractivity contribution in [2.24, 2.45) is 0 Å². The van der Waals surface area contributed by atoms with Crippen molar-refractivity contribution in [1.82, 2.24) is 4.90 Å². The second kappa shape index (κ2) is 8.35. The van der Waals surface area contributed by atoms with Crippen LogP contribution in [0.4, 0.5) is 4.39 Å². The summed E-state index contributed by atoms with van der Waals surface area (Å²) in [5.74, 6) is -1.73. The number of halogens is 1. The summed E-state index contributed by atoms with van der Waals surface area (Å²) in [6.45, 7) is 1.97. The fraction of sp³-hybridized carbons (Fsp3) is 0.167. The number of hydrogen-bond acceptors (Lipinski definition) is 5. The van der Waals surface area contributed by atoms with Gasteiger partial charge in [0.1, 0.15) is 17.3 Å². The minimum atomic E-state index is -0.762. The highest BCUT2D eigenvalue weighted by Gasteiger charge is 2.46. The average Bonchev–Trinajstić information content (AvgIpc) is 3.37. The molecule has 1 N–H and O–H groups in total. The maximum absolute atomic E-state index is 13.3. The molecule has 2 aromatic carbocycles. The molecule has 158 valence electrons. The summed E-state index contributed by atoms with van der Waals surface area (Å²) in [5.41, 5.74) is 1.91. The molecular weight excluding hydrogens is 417 g/mol. The number of likely N-dealkylation sites (tertiary alicyclic amines) is 1. The van der Waals surface area contributed by atoms with Gasteiger partial charge in [-0.2, -0.15) is 0 Å². The van der Waals surface area contributed by atoms with E-state index in [4.69, 9.17) is 4.74 Å². The van der Waals surface area contributed by atoms with E-state index in [1.54, 1.807) is 24.3 Å². The van der Waals surface area contributed by atoms with Gasteiger partial charge in [0.2, 0.25) is 0 Å². The van der Waals surface area contributed by atoms with Crippen LogP contribution in [0.2, 0.25) is 0 Å². The van der Waals surface area contributed by atoms with E-state index in [0.29, 0.717) is 16.9 Å². The number of benzene rings is 2. The van der Waals surface area contributed by atoms with Crippen molar-refractivity contribution in [1.29, 1.82) is 0 Å². The number of hydrogen-bond donors (Lipinski definition) is 1. The Morgan fingerprint density at radius 2 is 1.90 bits per heavy atom. The quantitative estimate of drug-likeness (QED) is 0.353. The number of ether oxygens (including phenoxy) is 1. The first-order valence-electron chi connectivity index (χ1n) is 9.62. The minimum Gasteiger partial charge on any atom is -0.507 e. The summed E-state index contributed by atoms with van der Waals surface area (Å²) in [4.78, 5) is 28.2. The molecule has 31 heavy (non-hydrogen) atoms. The maximum Gasteiger partial charge on any atom is 0.295 e. The zero-order valence-corrected chi connectivity index (χ0v) is 17.8. The van der Waals surface area contributed by atoms with Gasteiger partial charge in [-0.1, -0.05) is 29.8 Å². The van der Waals surface area contributed by atoms with Crippen LogP contribution in [-0.4, -0.2) is 28.8 Å². The van der Waals surface area contributed by atoms with Gasteiger partial charge in [-0.3, -0.25) is 9.59 Å². The van der Waals surface area contributed by atoms with Crippen LogP contribution < -0.4 is 4.74 Å². The van der Waals surface area contributed by atoms with Crippen molar-refractivity contribution < 1.29 is 23.8 Å². The number of carbonyl (C=O) groups is 2. The fourth-order valence-corrected chi connectivity index (χ4v) is 4.57. The highest BCUT2D eigenvalue weighted by atomic mass is 32.1. The van der Waals surface area contributed by atoms with Crippen molar-refractivity contribution in [2.45, 2.75) is 19.5 Å². The van der Waals surface area contributed by atoms with Crippen LogP contribution in [0, 0.1) is 12.7 Å². The molecular formula is C24H20FNO4S. The Kier molecular flexibility index (Phi) is 5.61. The van der Waals surface area contributed by atoms with E-state index in [0.717, 1.165) is 10.4 Å². The van der Waals surface area contributed by atoms with Crippen molar-refractivity contribution in [3.63, 3.8) is 0 Å². The molecule has 7 heteroatoms. The number of aryl methyl sites for hydroxylation is 1. The Hall–Kier alpha value is -3.45. The smallest absolute Gasteiger partial charge is 0.295 e. The van der Waals surface area contributed by atoms with Crippen LogP contribution in [0.5, 0.6) is 5.75 Å². The summed E-state index contributed by atoms with van der Waals surface area (Å²) in [6.07, 6.45) is 0. The number of aliphatic hydroxyl groups excluding tert-OH is 1. The van der Waals surface area contributed by atoms with E-state index in [9.17, 15) is 19.1 Å². The van der Waals surface area contributed by atoms with Gasteiger partial charge < -0.3 is 14.7 Å². The SMILES string of the molecule is COc1ccc(C)cc1/C(O)=C1/C(=O)C(=O)N(Cc2ccc(F)cc2)C1c1cccs1. The first kappa shape index (κ1) is 20.8. The number of ketones is 1. The summed E-state index contributed by atoms with van der Waals surface area (Å²) < 4.78 is 18.7. The molecule has 0 bridgehead atoms. The van der Waals surface area contributed by atoms with E-state index in [1.165, 1.54) is 35.5 Å². The molecule has 1 saturated heterocycles. The highest BCUT2D eigenvalue weighted by molar-refractivity contribution is 7.10. The minimum absolute atomic E-state index is 0.0125. The third kappa shape index (κ3) is 3.84. The molecule has 4 rings (SSSR count). The molecule has 0 aliphatic carbocycles. The van der Waals surface area contributed by atoms with Gasteiger partial charge in [0.25, 0.3) is 11.7 Å². The van der Waals surface area contributed by atoms with Gasteiger partial charge >= 0.3 is 0 Å². The Morgan fingerprint density at radius 3 is 2.55 bits per heavy atom. The van der Waals surface area contributed by atoms with E-state index in [-0.39, 0.29) is 23.7 Å². The van der Waals surface area contributed by atoms with Gasteiger partial charge in [0.15, 0.2) is 0 Å². The van der Waals surface area contributed by atoms with Crippen LogP contribution >= 0.6 is 11.3 Å². The lowest BCUT2D eigenvalue weighted by Crippen LogP contribution is -2.28. The number of nitrogens with zero attached hydrogens (tertiary/aromatic N) is 1. The summed E-state index contributed by atoms with van der Waals surface area (Å²) in [5, 5.41) is 13.0. The summed E-state index contributed by atoms with van der Waals surface area (Å²) in [6, 6.07) is 13.9. The van der Waals surface area contributed by atoms with Crippen molar-refractivity contribution in [2.75, 3.05) is 7.11 Å². The molecule has 5 nitrogen and oxygen atoms in total. The molecule has 1 unspecified atom stereocenters. The molecule has 1 amide bonds. The third-order valence-corrected chi connectivity index (χ3v) is 6.15. The standard InChI is InChI=1S/C24H20FNO4S/c1-14-5-10-18(30-2)17(12-14)22(27)20-21(19-4-3-11-31-19)26(24(29)23(20)28)13-15-6-8-16(25)9-7-15/h3-12,21,27H,13H2,1-2H3/b22-20-. The number of amides is 1. The zero-order valence-electron chi connectivity index (χ0n) is 17.0. The Bertz CT molecular complexity index is 1170. The average molecular weight is 437 g/mol. The number of thiophene rings is 1. The van der Waals surface area contributed by atoms with E-state index in [2.05, 4.69) is 0 Å². The number of carbonyl (C=O) groups excluding carboxylic acids is 2. The molecule has 3 aromatic rings. The number of rotatable bonds is 5. The van der Waals surface area contributed by atoms with Gasteiger partial charge in [-0.05, 0) is 48.2 Å². The summed E-state index contributed by atoms with van der Waals surface area (Å²) >= 11 is 1.39. The lowest BCUT2D eigenvalue weighted by molar-refractivity contribution is -0.140. The maximum atomic E-state index is 13.3. The van der Waals surface area contributed by atoms with Gasteiger partial charge in [-0.25, -0.2) is 4.39 Å². The highest BCUT2D eigenvalue weighted by Crippen LogP contribution is 2.43. The molecule has 1 fully saturated rings. The molecule has 0 radical (unpaired) electrons. The van der Waals surface area contributed by atoms with Crippen LogP contribution in [0.1, 0.15) is 27.6 Å². The number of aliphatic hydroxyl groups is 1. The van der Waals surface area contributed by atoms with Crippen LogP contribution in [-0.2, 0) is 16.1 Å². The van der Waals surface area contributed by atoms with E-state index >= 15 is 0 Å². The Morgan fingerprint density at radius 1 is 1.16 bits per heavy atom.